The summed E-state index contributed by atoms with van der Waals surface area (Å²) in [7, 11) is 1.96. The van der Waals surface area contributed by atoms with E-state index in [9.17, 15) is 5.11 Å². The number of imidazole rings is 1. The first-order valence-electron chi connectivity index (χ1n) is 5.91. The maximum Gasteiger partial charge on any atom is 0.137 e. The minimum atomic E-state index is -0.347. The van der Waals surface area contributed by atoms with E-state index in [2.05, 4.69) is 4.98 Å². The maximum atomic E-state index is 10.3. The van der Waals surface area contributed by atoms with E-state index in [0.29, 0.717) is 5.92 Å². The van der Waals surface area contributed by atoms with Crippen LogP contribution in [0.15, 0.2) is 12.4 Å². The van der Waals surface area contributed by atoms with Crippen LogP contribution in [0.5, 0.6) is 0 Å². The molecular formula is C12H18N2O. The second-order valence-corrected chi connectivity index (χ2v) is 5.18. The molecule has 0 radical (unpaired) electrons. The van der Waals surface area contributed by atoms with E-state index in [1.54, 1.807) is 6.20 Å². The number of hydrogen-bond acceptors (Lipinski definition) is 2. The van der Waals surface area contributed by atoms with Crippen LogP contribution in [0.25, 0.3) is 0 Å². The molecule has 1 heterocycles. The molecule has 15 heavy (non-hydrogen) atoms. The zero-order chi connectivity index (χ0) is 10.4. The minimum Gasteiger partial charge on any atom is -0.385 e. The van der Waals surface area contributed by atoms with E-state index in [4.69, 9.17) is 0 Å². The Morgan fingerprint density at radius 2 is 2.33 bits per heavy atom. The van der Waals surface area contributed by atoms with Gasteiger partial charge in [-0.3, -0.25) is 0 Å². The van der Waals surface area contributed by atoms with Gasteiger partial charge in [-0.25, -0.2) is 4.98 Å². The SMILES string of the molecule is Cn1ccnc1C(O)C1CC2CCC1C2. The van der Waals surface area contributed by atoms with Crippen LogP contribution < -0.4 is 0 Å². The van der Waals surface area contributed by atoms with E-state index in [0.717, 1.165) is 17.7 Å². The zero-order valence-corrected chi connectivity index (χ0v) is 9.13. The smallest absolute Gasteiger partial charge is 0.137 e. The number of rotatable bonds is 2. The van der Waals surface area contributed by atoms with E-state index in [1.807, 2.05) is 17.8 Å². The number of aliphatic hydroxyl groups excluding tert-OH is 1. The lowest BCUT2D eigenvalue weighted by Gasteiger charge is -2.26. The van der Waals surface area contributed by atoms with Crippen molar-refractivity contribution in [3.8, 4) is 0 Å². The Balaban J connectivity index is 1.81. The molecule has 0 aliphatic heterocycles. The Hall–Kier alpha value is -0.830. The van der Waals surface area contributed by atoms with Gasteiger partial charge in [0, 0.05) is 19.4 Å². The van der Waals surface area contributed by atoms with Gasteiger partial charge in [0.15, 0.2) is 0 Å². The van der Waals surface area contributed by atoms with Crippen LogP contribution >= 0.6 is 0 Å². The van der Waals surface area contributed by atoms with Gasteiger partial charge in [-0.05, 0) is 37.0 Å². The standard InChI is InChI=1S/C12H18N2O/c1-14-5-4-13-12(14)11(15)10-7-8-2-3-9(10)6-8/h4-5,8-11,15H,2-3,6-7H2,1H3. The molecule has 1 aromatic heterocycles. The third-order valence-corrected chi connectivity index (χ3v) is 4.32. The fraction of sp³-hybridized carbons (Fsp3) is 0.750. The van der Waals surface area contributed by atoms with Gasteiger partial charge in [0.1, 0.15) is 11.9 Å². The monoisotopic (exact) mass is 206 g/mol. The van der Waals surface area contributed by atoms with E-state index in [1.165, 1.54) is 25.7 Å². The molecule has 82 valence electrons. The predicted octanol–water partition coefficient (Wildman–Crippen LogP) is 1.89. The molecule has 2 fully saturated rings. The predicted molar refractivity (Wildman–Crippen MR) is 57.1 cm³/mol. The van der Waals surface area contributed by atoms with Crippen LogP contribution in [0.3, 0.4) is 0 Å². The van der Waals surface area contributed by atoms with Gasteiger partial charge in [0.25, 0.3) is 0 Å². The largest absolute Gasteiger partial charge is 0.385 e. The highest BCUT2D eigenvalue weighted by Gasteiger charge is 2.43. The normalized spacial score (nSPS) is 36.0. The molecule has 2 saturated carbocycles. The van der Waals surface area contributed by atoms with Crippen molar-refractivity contribution in [3.05, 3.63) is 18.2 Å². The van der Waals surface area contributed by atoms with Crippen LogP contribution in [0.2, 0.25) is 0 Å². The molecule has 2 aliphatic rings. The molecule has 2 bridgehead atoms. The molecule has 4 atom stereocenters. The Morgan fingerprint density at radius 1 is 1.47 bits per heavy atom. The van der Waals surface area contributed by atoms with E-state index in [-0.39, 0.29) is 6.10 Å². The van der Waals surface area contributed by atoms with Gasteiger partial charge in [0.2, 0.25) is 0 Å². The molecule has 3 nitrogen and oxygen atoms in total. The van der Waals surface area contributed by atoms with Gasteiger partial charge in [-0.1, -0.05) is 6.42 Å². The summed E-state index contributed by atoms with van der Waals surface area (Å²) in [5.74, 6) is 2.94. The third kappa shape index (κ3) is 1.41. The molecule has 0 aromatic carbocycles. The Morgan fingerprint density at radius 3 is 2.87 bits per heavy atom. The fourth-order valence-electron chi connectivity index (χ4n) is 3.53. The van der Waals surface area contributed by atoms with Crippen LogP contribution in [0.1, 0.15) is 37.6 Å². The molecule has 1 N–H and O–H groups in total. The van der Waals surface area contributed by atoms with Crippen molar-refractivity contribution in [1.29, 1.82) is 0 Å². The van der Waals surface area contributed by atoms with Gasteiger partial charge in [-0.15, -0.1) is 0 Å². The van der Waals surface area contributed by atoms with Crippen molar-refractivity contribution in [2.24, 2.45) is 24.8 Å². The van der Waals surface area contributed by atoms with E-state index >= 15 is 0 Å². The summed E-state index contributed by atoms with van der Waals surface area (Å²) < 4.78 is 1.94. The first-order valence-corrected chi connectivity index (χ1v) is 5.91. The molecule has 0 spiro atoms. The lowest BCUT2D eigenvalue weighted by molar-refractivity contribution is 0.0649. The molecular weight excluding hydrogens is 188 g/mol. The molecule has 0 amide bonds. The Labute approximate surface area is 90.1 Å². The van der Waals surface area contributed by atoms with Crippen molar-refractivity contribution in [1.82, 2.24) is 9.55 Å². The molecule has 4 unspecified atom stereocenters. The van der Waals surface area contributed by atoms with Crippen molar-refractivity contribution in [3.63, 3.8) is 0 Å². The van der Waals surface area contributed by atoms with E-state index < -0.39 is 0 Å². The van der Waals surface area contributed by atoms with Crippen molar-refractivity contribution < 1.29 is 5.11 Å². The first kappa shape index (κ1) is 9.40. The van der Waals surface area contributed by atoms with Crippen LogP contribution in [0, 0.1) is 17.8 Å². The molecule has 3 rings (SSSR count). The van der Waals surface area contributed by atoms with Crippen LogP contribution in [-0.4, -0.2) is 14.7 Å². The summed E-state index contributed by atoms with van der Waals surface area (Å²) in [6.07, 6.45) is 8.58. The maximum absolute atomic E-state index is 10.3. The minimum absolute atomic E-state index is 0.347. The second kappa shape index (κ2) is 3.34. The summed E-state index contributed by atoms with van der Waals surface area (Å²) >= 11 is 0. The van der Waals surface area contributed by atoms with Gasteiger partial charge in [0.05, 0.1) is 0 Å². The summed E-state index contributed by atoms with van der Waals surface area (Å²) in [6, 6.07) is 0. The zero-order valence-electron chi connectivity index (χ0n) is 9.13. The highest BCUT2D eigenvalue weighted by Crippen LogP contribution is 2.52. The molecule has 0 saturated heterocycles. The quantitative estimate of drug-likeness (QED) is 0.802. The Bertz CT molecular complexity index is 360. The number of hydrogen-bond donors (Lipinski definition) is 1. The number of aromatic nitrogens is 2. The lowest BCUT2D eigenvalue weighted by atomic mass is 9.84. The van der Waals surface area contributed by atoms with Crippen LogP contribution in [0.4, 0.5) is 0 Å². The topological polar surface area (TPSA) is 38.0 Å². The second-order valence-electron chi connectivity index (χ2n) is 5.18. The van der Waals surface area contributed by atoms with Crippen LogP contribution in [-0.2, 0) is 7.05 Å². The number of nitrogens with zero attached hydrogens (tertiary/aromatic N) is 2. The number of aliphatic hydroxyl groups is 1. The first-order chi connectivity index (χ1) is 7.25. The highest BCUT2D eigenvalue weighted by molar-refractivity contribution is 5.02. The fourth-order valence-corrected chi connectivity index (χ4v) is 3.53. The van der Waals surface area contributed by atoms with Gasteiger partial charge >= 0.3 is 0 Å². The third-order valence-electron chi connectivity index (χ3n) is 4.32. The molecule has 2 aliphatic carbocycles. The van der Waals surface area contributed by atoms with Gasteiger partial charge < -0.3 is 9.67 Å². The van der Waals surface area contributed by atoms with Gasteiger partial charge in [-0.2, -0.15) is 0 Å². The summed E-state index contributed by atoms with van der Waals surface area (Å²) in [5.41, 5.74) is 0. The molecule has 3 heteroatoms. The molecule has 1 aromatic rings. The average molecular weight is 206 g/mol. The summed E-state index contributed by atoms with van der Waals surface area (Å²) in [4.78, 5) is 4.26. The lowest BCUT2D eigenvalue weighted by Crippen LogP contribution is -2.21. The average Bonchev–Trinajstić information content (AvgIpc) is 2.91. The summed E-state index contributed by atoms with van der Waals surface area (Å²) in [5, 5.41) is 10.3. The number of aryl methyl sites for hydroxylation is 1. The van der Waals surface area contributed by atoms with Crippen molar-refractivity contribution in [2.75, 3.05) is 0 Å². The highest BCUT2D eigenvalue weighted by atomic mass is 16.3. The summed E-state index contributed by atoms with van der Waals surface area (Å²) in [6.45, 7) is 0. The van der Waals surface area contributed by atoms with Crippen molar-refractivity contribution >= 4 is 0 Å². The number of fused-ring (bicyclic) bond motifs is 2. The Kier molecular flexibility index (Phi) is 2.09. The van der Waals surface area contributed by atoms with Crippen molar-refractivity contribution in [2.45, 2.75) is 31.8 Å².